The second-order valence-electron chi connectivity index (χ2n) is 6.70. The van der Waals surface area contributed by atoms with Gasteiger partial charge >= 0.3 is 12.1 Å². The maximum absolute atomic E-state index is 12.7. The van der Waals surface area contributed by atoms with E-state index >= 15 is 0 Å². The number of rotatable bonds is 4. The summed E-state index contributed by atoms with van der Waals surface area (Å²) >= 11 is 6.04. The van der Waals surface area contributed by atoms with E-state index in [1.165, 1.54) is 13.0 Å². The molecule has 1 unspecified atom stereocenters. The topological polar surface area (TPSA) is 104 Å². The minimum atomic E-state index is -0.964. The number of hydrogen-bond acceptors (Lipinski definition) is 7. The van der Waals surface area contributed by atoms with Crippen molar-refractivity contribution < 1.29 is 24.2 Å². The van der Waals surface area contributed by atoms with Crippen LogP contribution in [0.2, 0.25) is 5.15 Å². The highest BCUT2D eigenvalue weighted by Gasteiger charge is 2.27. The number of aromatic nitrogens is 3. The van der Waals surface area contributed by atoms with Gasteiger partial charge in [0, 0.05) is 6.07 Å². The van der Waals surface area contributed by atoms with Gasteiger partial charge < -0.3 is 14.6 Å². The molecule has 0 amide bonds. The first kappa shape index (κ1) is 20.1. The van der Waals surface area contributed by atoms with Crippen LogP contribution in [0.4, 0.5) is 4.79 Å². The van der Waals surface area contributed by atoms with Crippen molar-refractivity contribution in [2.75, 3.05) is 6.61 Å². The second-order valence-corrected chi connectivity index (χ2v) is 7.09. The first-order valence-electron chi connectivity index (χ1n) is 8.18. The molecule has 0 saturated carbocycles. The molecule has 0 aliphatic carbocycles. The van der Waals surface area contributed by atoms with Gasteiger partial charge in [-0.15, -0.1) is 0 Å². The third-order valence-electron chi connectivity index (χ3n) is 3.29. The van der Waals surface area contributed by atoms with Crippen molar-refractivity contribution in [3.05, 3.63) is 22.7 Å². The average molecular weight is 384 g/mol. The fourth-order valence-corrected chi connectivity index (χ4v) is 2.57. The van der Waals surface area contributed by atoms with Gasteiger partial charge in [-0.2, -0.15) is 0 Å². The fourth-order valence-electron chi connectivity index (χ4n) is 2.38. The summed E-state index contributed by atoms with van der Waals surface area (Å²) in [6.45, 7) is 8.58. The molecule has 0 aromatic carbocycles. The standard InChI is InChI=1S/C17H22ClN3O5/c1-6-25-13(23)8-12-20-15-10(7-11(18)19-14(15)9(2)22)21(12)16(24)26-17(3,4)5/h7,9,22H,6,8H2,1-5H3. The van der Waals surface area contributed by atoms with Crippen LogP contribution < -0.4 is 0 Å². The van der Waals surface area contributed by atoms with E-state index in [0.717, 1.165) is 4.57 Å². The number of aliphatic hydroxyl groups is 1. The van der Waals surface area contributed by atoms with E-state index in [-0.39, 0.29) is 35.2 Å². The molecule has 1 atom stereocenters. The normalized spacial score (nSPS) is 12.9. The van der Waals surface area contributed by atoms with Crippen molar-refractivity contribution in [1.82, 2.24) is 14.5 Å². The summed E-state index contributed by atoms with van der Waals surface area (Å²) in [7, 11) is 0. The third kappa shape index (κ3) is 4.50. The Morgan fingerprint density at radius 3 is 2.54 bits per heavy atom. The molecule has 2 rings (SSSR count). The first-order chi connectivity index (χ1) is 12.0. The number of imidazole rings is 1. The molecule has 0 bridgehead atoms. The number of pyridine rings is 1. The van der Waals surface area contributed by atoms with Gasteiger partial charge in [0.25, 0.3) is 0 Å². The van der Waals surface area contributed by atoms with Gasteiger partial charge in [0.1, 0.15) is 28.5 Å². The predicted molar refractivity (Wildman–Crippen MR) is 95.1 cm³/mol. The van der Waals surface area contributed by atoms with E-state index in [1.54, 1.807) is 27.7 Å². The summed E-state index contributed by atoms with van der Waals surface area (Å²) in [5.41, 5.74) is 0.0302. The smallest absolute Gasteiger partial charge is 0.420 e. The lowest BCUT2D eigenvalue weighted by Gasteiger charge is -2.20. The Hall–Kier alpha value is -2.19. The van der Waals surface area contributed by atoms with Gasteiger partial charge in [0.2, 0.25) is 0 Å². The molecule has 1 N–H and O–H groups in total. The van der Waals surface area contributed by atoms with Crippen molar-refractivity contribution in [3.8, 4) is 0 Å². The second kappa shape index (κ2) is 7.59. The minimum absolute atomic E-state index is 0.0841. The molecule has 2 aromatic rings. The van der Waals surface area contributed by atoms with Crippen LogP contribution >= 0.6 is 11.6 Å². The SMILES string of the molecule is CCOC(=O)Cc1nc2c(C(C)O)nc(Cl)cc2n1C(=O)OC(C)(C)C. The molecular formula is C17H22ClN3O5. The maximum atomic E-state index is 12.7. The Bertz CT molecular complexity index is 839. The zero-order valence-electron chi connectivity index (χ0n) is 15.4. The molecular weight excluding hydrogens is 362 g/mol. The van der Waals surface area contributed by atoms with Crippen LogP contribution in [-0.4, -0.2) is 43.9 Å². The summed E-state index contributed by atoms with van der Waals surface area (Å²) in [5.74, 6) is -0.413. The van der Waals surface area contributed by atoms with Crippen molar-refractivity contribution in [2.24, 2.45) is 0 Å². The minimum Gasteiger partial charge on any atom is -0.466 e. The zero-order chi connectivity index (χ0) is 19.6. The number of halogens is 1. The Kier molecular flexibility index (Phi) is 5.87. The molecule has 0 spiro atoms. The highest BCUT2D eigenvalue weighted by Crippen LogP contribution is 2.27. The van der Waals surface area contributed by atoms with E-state index in [4.69, 9.17) is 21.1 Å². The molecule has 0 fully saturated rings. The quantitative estimate of drug-likeness (QED) is 0.639. The maximum Gasteiger partial charge on any atom is 0.420 e. The highest BCUT2D eigenvalue weighted by molar-refractivity contribution is 6.30. The molecule has 2 aromatic heterocycles. The number of fused-ring (bicyclic) bond motifs is 1. The van der Waals surface area contributed by atoms with Crippen LogP contribution in [0.25, 0.3) is 11.0 Å². The third-order valence-corrected chi connectivity index (χ3v) is 3.48. The van der Waals surface area contributed by atoms with Gasteiger partial charge in [-0.25, -0.2) is 19.3 Å². The summed E-state index contributed by atoms with van der Waals surface area (Å²) in [6, 6.07) is 1.44. The van der Waals surface area contributed by atoms with Gasteiger partial charge in [0.15, 0.2) is 0 Å². The van der Waals surface area contributed by atoms with Gasteiger partial charge in [-0.05, 0) is 34.6 Å². The summed E-state index contributed by atoms with van der Waals surface area (Å²) in [4.78, 5) is 33.0. The van der Waals surface area contributed by atoms with Crippen molar-refractivity contribution >= 4 is 34.7 Å². The van der Waals surface area contributed by atoms with Gasteiger partial charge in [-0.3, -0.25) is 4.79 Å². The van der Waals surface area contributed by atoms with Crippen LogP contribution in [-0.2, 0) is 20.7 Å². The van der Waals surface area contributed by atoms with Gasteiger partial charge in [0.05, 0.1) is 23.9 Å². The largest absolute Gasteiger partial charge is 0.466 e. The van der Waals surface area contributed by atoms with E-state index in [9.17, 15) is 14.7 Å². The van der Waals surface area contributed by atoms with Crippen LogP contribution in [0, 0.1) is 0 Å². The number of aliphatic hydroxyl groups excluding tert-OH is 1. The number of nitrogens with zero attached hydrogens (tertiary/aromatic N) is 3. The molecule has 0 aliphatic rings. The molecule has 142 valence electrons. The van der Waals surface area contributed by atoms with E-state index in [1.807, 2.05) is 0 Å². The lowest BCUT2D eigenvalue weighted by molar-refractivity contribution is -0.142. The van der Waals surface area contributed by atoms with Crippen LogP contribution in [0.5, 0.6) is 0 Å². The van der Waals surface area contributed by atoms with Crippen molar-refractivity contribution in [1.29, 1.82) is 0 Å². The average Bonchev–Trinajstić information content (AvgIpc) is 2.82. The van der Waals surface area contributed by atoms with Crippen LogP contribution in [0.1, 0.15) is 52.2 Å². The molecule has 9 heteroatoms. The molecule has 0 radical (unpaired) electrons. The number of ether oxygens (including phenoxy) is 2. The Balaban J connectivity index is 2.67. The number of carbonyl (C=O) groups excluding carboxylic acids is 2. The molecule has 8 nitrogen and oxygen atoms in total. The lowest BCUT2D eigenvalue weighted by Crippen LogP contribution is -2.28. The molecule has 0 saturated heterocycles. The summed E-state index contributed by atoms with van der Waals surface area (Å²) < 4.78 is 11.5. The van der Waals surface area contributed by atoms with Gasteiger partial charge in [-0.1, -0.05) is 11.6 Å². The number of hydrogen-bond donors (Lipinski definition) is 1. The Morgan fingerprint density at radius 1 is 1.35 bits per heavy atom. The van der Waals surface area contributed by atoms with Crippen molar-refractivity contribution in [3.63, 3.8) is 0 Å². The summed E-state index contributed by atoms with van der Waals surface area (Å²) in [5, 5.41) is 10.0. The van der Waals surface area contributed by atoms with E-state index < -0.39 is 23.8 Å². The first-order valence-corrected chi connectivity index (χ1v) is 8.56. The highest BCUT2D eigenvalue weighted by atomic mass is 35.5. The Morgan fingerprint density at radius 2 is 2.00 bits per heavy atom. The predicted octanol–water partition coefficient (Wildman–Crippen LogP) is 3.03. The zero-order valence-corrected chi connectivity index (χ0v) is 16.1. The molecule has 2 heterocycles. The fraction of sp³-hybridized carbons (Fsp3) is 0.529. The monoisotopic (exact) mass is 383 g/mol. The van der Waals surface area contributed by atoms with Crippen LogP contribution in [0.15, 0.2) is 6.07 Å². The number of esters is 1. The van der Waals surface area contributed by atoms with E-state index in [2.05, 4.69) is 9.97 Å². The van der Waals surface area contributed by atoms with Crippen LogP contribution in [0.3, 0.4) is 0 Å². The molecule has 26 heavy (non-hydrogen) atoms. The lowest BCUT2D eigenvalue weighted by atomic mass is 10.2. The number of carbonyl (C=O) groups is 2. The molecule has 0 aliphatic heterocycles. The summed E-state index contributed by atoms with van der Waals surface area (Å²) in [6.07, 6.45) is -1.91. The van der Waals surface area contributed by atoms with Crippen molar-refractivity contribution in [2.45, 2.75) is 52.7 Å². The van der Waals surface area contributed by atoms with E-state index in [0.29, 0.717) is 5.52 Å². The Labute approximate surface area is 156 Å².